The zero-order chi connectivity index (χ0) is 19.6. The number of hydrogen-bond donors (Lipinski definition) is 1. The van der Waals surface area contributed by atoms with Crippen LogP contribution in [-0.2, 0) is 14.8 Å². The Bertz CT molecular complexity index is 760. The lowest BCUT2D eigenvalue weighted by Crippen LogP contribution is -2.56. The molecule has 3 atom stereocenters. The molecule has 0 spiro atoms. The molecule has 1 aliphatic heterocycles. The summed E-state index contributed by atoms with van der Waals surface area (Å²) in [7, 11) is -3.50. The van der Waals surface area contributed by atoms with Gasteiger partial charge in [-0.25, -0.2) is 8.42 Å². The van der Waals surface area contributed by atoms with Crippen LogP contribution in [0.3, 0.4) is 0 Å². The molecular weight excluding hydrogens is 406 g/mol. The van der Waals surface area contributed by atoms with Crippen LogP contribution >= 0.6 is 22.9 Å². The molecule has 1 aromatic rings. The fourth-order valence-electron chi connectivity index (χ4n) is 3.89. The SMILES string of the molecule is CC1CCCCC1NC(=O)C(C)N1CCN(S(=O)(=O)c2ccc(Cl)s2)CC1. The molecule has 6 nitrogen and oxygen atoms in total. The summed E-state index contributed by atoms with van der Waals surface area (Å²) in [5.41, 5.74) is 0. The van der Waals surface area contributed by atoms with Gasteiger partial charge in [0.15, 0.2) is 0 Å². The highest BCUT2D eigenvalue weighted by Crippen LogP contribution is 2.29. The average Bonchev–Trinajstić information content (AvgIpc) is 3.10. The number of sulfonamides is 1. The maximum atomic E-state index is 12.7. The molecule has 1 aliphatic carbocycles. The number of thiophene rings is 1. The first-order valence-corrected chi connectivity index (χ1v) is 12.2. The van der Waals surface area contributed by atoms with E-state index in [4.69, 9.17) is 11.6 Å². The van der Waals surface area contributed by atoms with Gasteiger partial charge in [-0.3, -0.25) is 9.69 Å². The van der Waals surface area contributed by atoms with Crippen LogP contribution in [0.15, 0.2) is 16.3 Å². The maximum Gasteiger partial charge on any atom is 0.252 e. The quantitative estimate of drug-likeness (QED) is 0.775. The second kappa shape index (κ2) is 8.78. The normalized spacial score (nSPS) is 26.6. The Kier molecular flexibility index (Phi) is 6.84. The van der Waals surface area contributed by atoms with Gasteiger partial charge in [0.2, 0.25) is 5.91 Å². The van der Waals surface area contributed by atoms with Gasteiger partial charge in [-0.15, -0.1) is 11.3 Å². The van der Waals surface area contributed by atoms with E-state index in [0.29, 0.717) is 36.4 Å². The maximum absolute atomic E-state index is 12.7. The van der Waals surface area contributed by atoms with Crippen LogP contribution in [0.4, 0.5) is 0 Å². The molecule has 27 heavy (non-hydrogen) atoms. The predicted octanol–water partition coefficient (Wildman–Crippen LogP) is 2.79. The van der Waals surface area contributed by atoms with E-state index in [1.165, 1.54) is 23.6 Å². The minimum atomic E-state index is -3.50. The van der Waals surface area contributed by atoms with Crippen molar-refractivity contribution in [2.75, 3.05) is 26.2 Å². The van der Waals surface area contributed by atoms with Crippen LogP contribution in [0.25, 0.3) is 0 Å². The molecule has 1 aromatic heterocycles. The molecule has 0 radical (unpaired) electrons. The number of rotatable bonds is 5. The summed E-state index contributed by atoms with van der Waals surface area (Å²) in [6.07, 6.45) is 4.64. The second-order valence-corrected chi connectivity index (χ2v) is 11.4. The van der Waals surface area contributed by atoms with Crippen LogP contribution in [0, 0.1) is 5.92 Å². The van der Waals surface area contributed by atoms with Gasteiger partial charge in [-0.05, 0) is 37.8 Å². The van der Waals surface area contributed by atoms with E-state index in [1.54, 1.807) is 12.1 Å². The Morgan fingerprint density at radius 2 is 1.89 bits per heavy atom. The molecule has 1 amide bonds. The number of hydrogen-bond acceptors (Lipinski definition) is 5. The summed E-state index contributed by atoms with van der Waals surface area (Å²) >= 11 is 6.96. The fourth-order valence-corrected chi connectivity index (χ4v) is 6.95. The van der Waals surface area contributed by atoms with Gasteiger partial charge >= 0.3 is 0 Å². The van der Waals surface area contributed by atoms with E-state index in [2.05, 4.69) is 17.1 Å². The fraction of sp³-hybridized carbons (Fsp3) is 0.722. The Morgan fingerprint density at radius 3 is 2.48 bits per heavy atom. The second-order valence-electron chi connectivity index (χ2n) is 7.55. The smallest absolute Gasteiger partial charge is 0.252 e. The Balaban J connectivity index is 1.54. The van der Waals surface area contributed by atoms with E-state index >= 15 is 0 Å². The van der Waals surface area contributed by atoms with Crippen molar-refractivity contribution in [2.45, 2.75) is 55.8 Å². The molecule has 2 aliphatic rings. The summed E-state index contributed by atoms with van der Waals surface area (Å²) in [6, 6.07) is 3.17. The lowest BCUT2D eigenvalue weighted by atomic mass is 9.86. The number of carbonyl (C=O) groups is 1. The third kappa shape index (κ3) is 4.85. The number of nitrogens with zero attached hydrogens (tertiary/aromatic N) is 2. The Hall–Kier alpha value is -0.670. The van der Waals surface area contributed by atoms with E-state index in [-0.39, 0.29) is 22.2 Å². The largest absolute Gasteiger partial charge is 0.352 e. The predicted molar refractivity (Wildman–Crippen MR) is 109 cm³/mol. The number of piperazine rings is 1. The first kappa shape index (κ1) is 21.0. The van der Waals surface area contributed by atoms with E-state index in [1.807, 2.05) is 6.92 Å². The minimum Gasteiger partial charge on any atom is -0.352 e. The molecule has 3 unspecified atom stereocenters. The summed E-state index contributed by atoms with van der Waals surface area (Å²) < 4.78 is 27.6. The van der Waals surface area contributed by atoms with Gasteiger partial charge in [-0.2, -0.15) is 4.31 Å². The molecule has 1 saturated carbocycles. The van der Waals surface area contributed by atoms with Crippen molar-refractivity contribution in [3.63, 3.8) is 0 Å². The number of carbonyl (C=O) groups excluding carboxylic acids is 1. The molecular formula is C18H28ClN3O3S2. The van der Waals surface area contributed by atoms with Crippen LogP contribution in [0.2, 0.25) is 4.34 Å². The van der Waals surface area contributed by atoms with Crippen LogP contribution in [-0.4, -0.2) is 61.8 Å². The molecule has 0 aromatic carbocycles. The van der Waals surface area contributed by atoms with Gasteiger partial charge in [0, 0.05) is 32.2 Å². The first-order valence-electron chi connectivity index (χ1n) is 9.59. The molecule has 2 fully saturated rings. The summed E-state index contributed by atoms with van der Waals surface area (Å²) in [5, 5.41) is 3.21. The van der Waals surface area contributed by atoms with E-state index in [9.17, 15) is 13.2 Å². The summed E-state index contributed by atoms with van der Waals surface area (Å²) in [5.74, 6) is 0.574. The zero-order valence-electron chi connectivity index (χ0n) is 15.9. The van der Waals surface area contributed by atoms with Crippen molar-refractivity contribution < 1.29 is 13.2 Å². The van der Waals surface area contributed by atoms with Crippen molar-refractivity contribution in [2.24, 2.45) is 5.92 Å². The average molecular weight is 434 g/mol. The lowest BCUT2D eigenvalue weighted by molar-refractivity contribution is -0.127. The van der Waals surface area contributed by atoms with Crippen LogP contribution in [0.5, 0.6) is 0 Å². The van der Waals surface area contributed by atoms with Gasteiger partial charge < -0.3 is 5.32 Å². The minimum absolute atomic E-state index is 0.0510. The highest BCUT2D eigenvalue weighted by molar-refractivity contribution is 7.91. The highest BCUT2D eigenvalue weighted by Gasteiger charge is 2.33. The standard InChI is InChI=1S/C18H28ClN3O3S2/c1-13-5-3-4-6-15(13)20-18(23)14(2)21-9-11-22(12-10-21)27(24,25)17-8-7-16(19)26-17/h7-8,13-15H,3-6,9-12H2,1-2H3,(H,20,23). The Morgan fingerprint density at radius 1 is 1.22 bits per heavy atom. The van der Waals surface area contributed by atoms with Crippen molar-refractivity contribution in [3.8, 4) is 0 Å². The van der Waals surface area contributed by atoms with Gasteiger partial charge in [0.1, 0.15) is 4.21 Å². The molecule has 0 bridgehead atoms. The monoisotopic (exact) mass is 433 g/mol. The topological polar surface area (TPSA) is 69.7 Å². The van der Waals surface area contributed by atoms with Gasteiger partial charge in [0.25, 0.3) is 10.0 Å². The molecule has 2 heterocycles. The molecule has 9 heteroatoms. The zero-order valence-corrected chi connectivity index (χ0v) is 18.2. The van der Waals surface area contributed by atoms with E-state index < -0.39 is 10.0 Å². The highest BCUT2D eigenvalue weighted by atomic mass is 35.5. The summed E-state index contributed by atoms with van der Waals surface area (Å²) in [4.78, 5) is 14.7. The molecule has 152 valence electrons. The van der Waals surface area contributed by atoms with Gasteiger partial charge in [-0.1, -0.05) is 31.4 Å². The number of halogens is 1. The number of amides is 1. The molecule has 1 N–H and O–H groups in total. The van der Waals surface area contributed by atoms with Crippen LogP contribution in [0.1, 0.15) is 39.5 Å². The third-order valence-corrected chi connectivity index (χ3v) is 9.38. The lowest BCUT2D eigenvalue weighted by Gasteiger charge is -2.38. The Labute approximate surface area is 170 Å². The summed E-state index contributed by atoms with van der Waals surface area (Å²) in [6.45, 7) is 5.98. The third-order valence-electron chi connectivity index (χ3n) is 5.78. The van der Waals surface area contributed by atoms with Crippen molar-refractivity contribution in [1.82, 2.24) is 14.5 Å². The van der Waals surface area contributed by atoms with Crippen molar-refractivity contribution in [3.05, 3.63) is 16.5 Å². The molecule has 3 rings (SSSR count). The van der Waals surface area contributed by atoms with Crippen molar-refractivity contribution >= 4 is 38.9 Å². The number of nitrogens with one attached hydrogen (secondary N) is 1. The van der Waals surface area contributed by atoms with Gasteiger partial charge in [0.05, 0.1) is 10.4 Å². The first-order chi connectivity index (χ1) is 12.8. The van der Waals surface area contributed by atoms with Crippen LogP contribution < -0.4 is 5.32 Å². The molecule has 1 saturated heterocycles. The van der Waals surface area contributed by atoms with E-state index in [0.717, 1.165) is 17.8 Å². The van der Waals surface area contributed by atoms with Crippen molar-refractivity contribution in [1.29, 1.82) is 0 Å².